The fourth-order valence-corrected chi connectivity index (χ4v) is 2.55. The van der Waals surface area contributed by atoms with Gasteiger partial charge in [-0.1, -0.05) is 12.1 Å². The normalized spacial score (nSPS) is 10.3. The highest BCUT2D eigenvalue weighted by Crippen LogP contribution is 2.15. The van der Waals surface area contributed by atoms with E-state index in [4.69, 9.17) is 0 Å². The van der Waals surface area contributed by atoms with Crippen LogP contribution in [0.4, 0.5) is 16.0 Å². The summed E-state index contributed by atoms with van der Waals surface area (Å²) in [5.74, 6) is -0.878. The van der Waals surface area contributed by atoms with Crippen molar-refractivity contribution >= 4 is 23.5 Å². The maximum Gasteiger partial charge on any atom is 0.337 e. The van der Waals surface area contributed by atoms with Gasteiger partial charge in [0.25, 0.3) is 5.91 Å². The summed E-state index contributed by atoms with van der Waals surface area (Å²) in [7, 11) is 1.32. The van der Waals surface area contributed by atoms with E-state index in [1.165, 1.54) is 19.2 Å². The Labute approximate surface area is 167 Å². The molecule has 3 rings (SSSR count). The second-order valence-electron chi connectivity index (χ2n) is 6.22. The number of aryl methyl sites for hydroxylation is 1. The Morgan fingerprint density at radius 2 is 1.72 bits per heavy atom. The average molecular weight is 394 g/mol. The monoisotopic (exact) mass is 394 g/mol. The Bertz CT molecular complexity index is 1020. The minimum atomic E-state index is -0.427. The number of benzene rings is 2. The second-order valence-corrected chi connectivity index (χ2v) is 6.22. The van der Waals surface area contributed by atoms with Crippen LogP contribution in [0.25, 0.3) is 0 Å². The summed E-state index contributed by atoms with van der Waals surface area (Å²) in [5, 5.41) is 5.76. The van der Waals surface area contributed by atoms with Crippen LogP contribution in [0, 0.1) is 12.7 Å². The minimum Gasteiger partial charge on any atom is -0.465 e. The van der Waals surface area contributed by atoms with Crippen molar-refractivity contribution in [3.63, 3.8) is 0 Å². The van der Waals surface area contributed by atoms with Crippen molar-refractivity contribution in [3.8, 4) is 0 Å². The molecule has 3 aromatic rings. The summed E-state index contributed by atoms with van der Waals surface area (Å²) in [5.41, 5.74) is 2.66. The summed E-state index contributed by atoms with van der Waals surface area (Å²) >= 11 is 0. The highest BCUT2D eigenvalue weighted by Gasteiger charge is 2.11. The summed E-state index contributed by atoms with van der Waals surface area (Å²) in [6.07, 6.45) is 0. The molecule has 2 aromatic carbocycles. The van der Waals surface area contributed by atoms with Crippen molar-refractivity contribution in [2.75, 3.05) is 12.4 Å². The van der Waals surface area contributed by atoms with Crippen molar-refractivity contribution in [1.29, 1.82) is 0 Å². The number of rotatable bonds is 6. The molecule has 1 heterocycles. The van der Waals surface area contributed by atoms with Crippen molar-refractivity contribution in [2.45, 2.75) is 13.5 Å². The van der Waals surface area contributed by atoms with Crippen molar-refractivity contribution in [2.24, 2.45) is 0 Å². The Morgan fingerprint density at radius 3 is 2.38 bits per heavy atom. The fourth-order valence-electron chi connectivity index (χ4n) is 2.55. The largest absolute Gasteiger partial charge is 0.465 e. The molecule has 0 aliphatic rings. The molecular formula is C21H19FN4O3. The number of halogens is 1. The number of aromatic nitrogens is 2. The first-order chi connectivity index (χ1) is 13.9. The molecule has 29 heavy (non-hydrogen) atoms. The Morgan fingerprint density at radius 1 is 1.03 bits per heavy atom. The Kier molecular flexibility index (Phi) is 6.13. The van der Waals surface area contributed by atoms with Crippen LogP contribution < -0.4 is 10.6 Å². The van der Waals surface area contributed by atoms with Gasteiger partial charge < -0.3 is 15.4 Å². The predicted molar refractivity (Wildman–Crippen MR) is 105 cm³/mol. The van der Waals surface area contributed by atoms with Crippen molar-refractivity contribution in [3.05, 3.63) is 82.9 Å². The number of nitrogens with zero attached hydrogens (tertiary/aromatic N) is 2. The number of ether oxygens (including phenoxy) is 1. The van der Waals surface area contributed by atoms with Crippen LogP contribution in [-0.2, 0) is 11.3 Å². The van der Waals surface area contributed by atoms with Crippen LogP contribution in [0.15, 0.2) is 54.6 Å². The molecule has 148 valence electrons. The fraction of sp³-hybridized carbons (Fsp3) is 0.143. The number of carbonyl (C=O) groups excluding carboxylic acids is 2. The van der Waals surface area contributed by atoms with Gasteiger partial charge in [0, 0.05) is 17.9 Å². The van der Waals surface area contributed by atoms with Gasteiger partial charge >= 0.3 is 5.97 Å². The molecule has 1 amide bonds. The van der Waals surface area contributed by atoms with Gasteiger partial charge in [0.05, 0.1) is 12.7 Å². The lowest BCUT2D eigenvalue weighted by Crippen LogP contribution is -2.24. The zero-order valence-electron chi connectivity index (χ0n) is 15.9. The molecule has 0 fully saturated rings. The molecule has 0 atom stereocenters. The van der Waals surface area contributed by atoms with Gasteiger partial charge in [-0.3, -0.25) is 4.79 Å². The topological polar surface area (TPSA) is 93.2 Å². The molecule has 0 saturated carbocycles. The third kappa shape index (κ3) is 5.35. The number of esters is 1. The maximum absolute atomic E-state index is 13.0. The van der Waals surface area contributed by atoms with Crippen molar-refractivity contribution < 1.29 is 18.7 Å². The number of methoxy groups -OCH3 is 1. The zero-order valence-corrected chi connectivity index (χ0v) is 15.9. The van der Waals surface area contributed by atoms with E-state index in [0.717, 1.165) is 5.56 Å². The second kappa shape index (κ2) is 8.92. The van der Waals surface area contributed by atoms with Gasteiger partial charge in [0.15, 0.2) is 0 Å². The number of nitrogens with one attached hydrogen (secondary N) is 2. The standard InChI is InChI=1S/C21H19FN4O3/c1-13-11-18(19(27)23-12-14-3-7-16(22)8-4-14)26-21(24-13)25-17-9-5-15(6-10-17)20(28)29-2/h3-11H,12H2,1-2H3,(H,23,27)(H,24,25,26). The Hall–Kier alpha value is -3.81. The van der Waals surface area contributed by atoms with E-state index in [9.17, 15) is 14.0 Å². The highest BCUT2D eigenvalue weighted by molar-refractivity contribution is 5.92. The molecule has 7 nitrogen and oxygen atoms in total. The van der Waals surface area contributed by atoms with E-state index < -0.39 is 5.97 Å². The highest BCUT2D eigenvalue weighted by atomic mass is 19.1. The third-order valence-electron chi connectivity index (χ3n) is 4.02. The molecule has 0 unspecified atom stereocenters. The molecule has 0 saturated heterocycles. The van der Waals surface area contributed by atoms with Crippen LogP contribution in [0.2, 0.25) is 0 Å². The van der Waals surface area contributed by atoms with Crippen LogP contribution in [0.5, 0.6) is 0 Å². The molecule has 8 heteroatoms. The molecule has 0 spiro atoms. The lowest BCUT2D eigenvalue weighted by molar-refractivity contribution is 0.0600. The first-order valence-electron chi connectivity index (χ1n) is 8.78. The maximum atomic E-state index is 13.0. The van der Waals surface area contributed by atoms with E-state index in [-0.39, 0.29) is 29.9 Å². The number of hydrogen-bond acceptors (Lipinski definition) is 6. The molecule has 1 aromatic heterocycles. The van der Waals surface area contributed by atoms with Crippen LogP contribution in [-0.4, -0.2) is 29.0 Å². The van der Waals surface area contributed by atoms with E-state index >= 15 is 0 Å². The summed E-state index contributed by atoms with van der Waals surface area (Å²) in [6.45, 7) is 2.00. The number of hydrogen-bond donors (Lipinski definition) is 2. The molecule has 0 radical (unpaired) electrons. The molecule has 2 N–H and O–H groups in total. The lowest BCUT2D eigenvalue weighted by atomic mass is 10.2. The molecule has 0 aliphatic heterocycles. The number of carbonyl (C=O) groups is 2. The Balaban J connectivity index is 1.69. The van der Waals surface area contributed by atoms with Gasteiger partial charge in [-0.05, 0) is 55.0 Å². The number of anilines is 2. The predicted octanol–water partition coefficient (Wildman–Crippen LogP) is 3.38. The van der Waals surface area contributed by atoms with E-state index in [1.54, 1.807) is 49.4 Å². The van der Waals surface area contributed by atoms with Crippen LogP contribution in [0.3, 0.4) is 0 Å². The van der Waals surface area contributed by atoms with Gasteiger partial charge in [-0.2, -0.15) is 0 Å². The first kappa shape index (κ1) is 19.9. The zero-order chi connectivity index (χ0) is 20.8. The lowest BCUT2D eigenvalue weighted by Gasteiger charge is -2.09. The smallest absolute Gasteiger partial charge is 0.337 e. The summed E-state index contributed by atoms with van der Waals surface area (Å²) < 4.78 is 17.6. The first-order valence-corrected chi connectivity index (χ1v) is 8.78. The molecule has 0 aliphatic carbocycles. The van der Waals surface area contributed by atoms with Crippen LogP contribution in [0.1, 0.15) is 32.1 Å². The van der Waals surface area contributed by atoms with E-state index in [2.05, 4.69) is 25.3 Å². The van der Waals surface area contributed by atoms with E-state index in [0.29, 0.717) is 16.9 Å². The SMILES string of the molecule is COC(=O)c1ccc(Nc2nc(C)cc(C(=O)NCc3ccc(F)cc3)n2)cc1. The number of amides is 1. The third-order valence-corrected chi connectivity index (χ3v) is 4.02. The summed E-state index contributed by atoms with van der Waals surface area (Å²) in [6, 6.07) is 14.1. The van der Waals surface area contributed by atoms with E-state index in [1.807, 2.05) is 0 Å². The minimum absolute atomic E-state index is 0.202. The van der Waals surface area contributed by atoms with Gasteiger partial charge in [-0.25, -0.2) is 19.2 Å². The molecular weight excluding hydrogens is 375 g/mol. The van der Waals surface area contributed by atoms with Crippen LogP contribution >= 0.6 is 0 Å². The van der Waals surface area contributed by atoms with Gasteiger partial charge in [0.2, 0.25) is 5.95 Å². The average Bonchev–Trinajstić information content (AvgIpc) is 2.72. The van der Waals surface area contributed by atoms with Gasteiger partial charge in [-0.15, -0.1) is 0 Å². The van der Waals surface area contributed by atoms with Gasteiger partial charge in [0.1, 0.15) is 11.5 Å². The van der Waals surface area contributed by atoms with Crippen molar-refractivity contribution in [1.82, 2.24) is 15.3 Å². The quantitative estimate of drug-likeness (QED) is 0.623. The summed E-state index contributed by atoms with van der Waals surface area (Å²) in [4.78, 5) is 32.5. The molecule has 0 bridgehead atoms.